The molecule has 0 aliphatic carbocycles. The first-order valence-electron chi connectivity index (χ1n) is 7.57. The predicted molar refractivity (Wildman–Crippen MR) is 86.8 cm³/mol. The monoisotopic (exact) mass is 333 g/mol. The Kier molecular flexibility index (Phi) is 4.73. The van der Waals surface area contributed by atoms with E-state index in [0.29, 0.717) is 0 Å². The summed E-state index contributed by atoms with van der Waals surface area (Å²) in [7, 11) is 0. The number of carbonyl (C=O) groups excluding carboxylic acids is 1. The maximum atomic E-state index is 14.4. The van der Waals surface area contributed by atoms with Crippen molar-refractivity contribution in [2.45, 2.75) is 39.7 Å². The Morgan fingerprint density at radius 3 is 2.46 bits per heavy atom. The summed E-state index contributed by atoms with van der Waals surface area (Å²) in [5.74, 6) is -2.39. The van der Waals surface area contributed by atoms with Crippen LogP contribution < -0.4 is 5.32 Å². The highest BCUT2D eigenvalue weighted by Crippen LogP contribution is 2.18. The van der Waals surface area contributed by atoms with Crippen LogP contribution in [-0.2, 0) is 4.79 Å². The van der Waals surface area contributed by atoms with E-state index in [9.17, 15) is 19.1 Å². The van der Waals surface area contributed by atoms with Crippen molar-refractivity contribution < 1.29 is 19.1 Å². The van der Waals surface area contributed by atoms with Gasteiger partial charge in [-0.25, -0.2) is 13.9 Å². The van der Waals surface area contributed by atoms with E-state index in [2.05, 4.69) is 10.4 Å². The molecule has 0 spiro atoms. The quantitative estimate of drug-likeness (QED) is 0.881. The van der Waals surface area contributed by atoms with Crippen molar-refractivity contribution in [3.8, 4) is 5.69 Å². The summed E-state index contributed by atoms with van der Waals surface area (Å²) in [4.78, 5) is 23.5. The molecule has 1 amide bonds. The number of aromatic nitrogens is 2. The summed E-state index contributed by atoms with van der Waals surface area (Å²) in [6.07, 6.45) is 0.209. The molecule has 128 valence electrons. The van der Waals surface area contributed by atoms with Gasteiger partial charge in [0.15, 0.2) is 0 Å². The minimum Gasteiger partial charge on any atom is -0.480 e. The molecule has 0 aliphatic rings. The van der Waals surface area contributed by atoms with Crippen molar-refractivity contribution in [2.75, 3.05) is 0 Å². The summed E-state index contributed by atoms with van der Waals surface area (Å²) < 4.78 is 15.9. The average Bonchev–Trinajstić information content (AvgIpc) is 2.85. The standard InChI is InChI=1S/C17H20FN3O3/c1-5-17(4,16(23)24)19-15(22)12-6-7-14(13(18)9-12)21-11(3)8-10(2)20-21/h6-9H,5H2,1-4H3,(H,19,22)(H,23,24). The van der Waals surface area contributed by atoms with Gasteiger partial charge in [0, 0.05) is 11.3 Å². The summed E-state index contributed by atoms with van der Waals surface area (Å²) in [6, 6.07) is 5.80. The molecule has 0 aliphatic heterocycles. The van der Waals surface area contributed by atoms with Gasteiger partial charge in [-0.3, -0.25) is 4.79 Å². The molecule has 0 saturated carbocycles. The van der Waals surface area contributed by atoms with Crippen molar-refractivity contribution in [1.82, 2.24) is 15.1 Å². The minimum atomic E-state index is -1.40. The molecule has 7 heteroatoms. The number of nitrogens with zero attached hydrogens (tertiary/aromatic N) is 2. The van der Waals surface area contributed by atoms with E-state index in [0.717, 1.165) is 17.5 Å². The van der Waals surface area contributed by atoms with Crippen molar-refractivity contribution in [1.29, 1.82) is 0 Å². The molecule has 0 fully saturated rings. The van der Waals surface area contributed by atoms with Gasteiger partial charge in [-0.05, 0) is 51.5 Å². The number of carboxylic acid groups (broad SMARTS) is 1. The smallest absolute Gasteiger partial charge is 0.329 e. The number of halogens is 1. The fraction of sp³-hybridized carbons (Fsp3) is 0.353. The third-order valence-electron chi connectivity index (χ3n) is 4.02. The fourth-order valence-corrected chi connectivity index (χ4v) is 2.31. The number of rotatable bonds is 5. The van der Waals surface area contributed by atoms with E-state index >= 15 is 0 Å². The molecule has 1 aromatic carbocycles. The Bertz CT molecular complexity index is 800. The molecule has 1 unspecified atom stereocenters. The van der Waals surface area contributed by atoms with E-state index in [-0.39, 0.29) is 17.7 Å². The molecule has 6 nitrogen and oxygen atoms in total. The number of carboxylic acids is 1. The molecular formula is C17H20FN3O3. The zero-order valence-electron chi connectivity index (χ0n) is 14.1. The van der Waals surface area contributed by atoms with Crippen molar-refractivity contribution in [3.05, 3.63) is 47.0 Å². The van der Waals surface area contributed by atoms with E-state index in [4.69, 9.17) is 0 Å². The normalized spacial score (nSPS) is 13.4. The highest BCUT2D eigenvalue weighted by molar-refractivity contribution is 5.97. The number of amides is 1. The lowest BCUT2D eigenvalue weighted by Gasteiger charge is -2.24. The molecule has 1 aromatic heterocycles. The number of hydrogen-bond acceptors (Lipinski definition) is 3. The van der Waals surface area contributed by atoms with Crippen LogP contribution in [0.1, 0.15) is 42.0 Å². The van der Waals surface area contributed by atoms with Crippen LogP contribution in [0.4, 0.5) is 4.39 Å². The van der Waals surface area contributed by atoms with E-state index < -0.39 is 23.2 Å². The van der Waals surface area contributed by atoms with Gasteiger partial charge in [-0.1, -0.05) is 6.92 Å². The first-order chi connectivity index (χ1) is 11.2. The SMILES string of the molecule is CCC(C)(NC(=O)c1ccc(-n2nc(C)cc2C)c(F)c1)C(=O)O. The Labute approximate surface area is 139 Å². The Balaban J connectivity index is 2.31. The molecule has 1 heterocycles. The zero-order chi connectivity index (χ0) is 18.1. The van der Waals surface area contributed by atoms with Crippen LogP contribution >= 0.6 is 0 Å². The second-order valence-corrected chi connectivity index (χ2v) is 5.95. The van der Waals surface area contributed by atoms with Crippen LogP contribution in [0.2, 0.25) is 0 Å². The molecule has 1 atom stereocenters. The number of benzene rings is 1. The lowest BCUT2D eigenvalue weighted by Crippen LogP contribution is -2.51. The second kappa shape index (κ2) is 6.43. The first kappa shape index (κ1) is 17.7. The maximum Gasteiger partial charge on any atom is 0.329 e. The average molecular weight is 333 g/mol. The van der Waals surface area contributed by atoms with Gasteiger partial charge in [0.05, 0.1) is 5.69 Å². The van der Waals surface area contributed by atoms with E-state index in [1.807, 2.05) is 6.07 Å². The lowest BCUT2D eigenvalue weighted by atomic mass is 9.98. The molecule has 0 radical (unpaired) electrons. The topological polar surface area (TPSA) is 84.2 Å². The van der Waals surface area contributed by atoms with Crippen molar-refractivity contribution in [3.63, 3.8) is 0 Å². The molecule has 24 heavy (non-hydrogen) atoms. The summed E-state index contributed by atoms with van der Waals surface area (Å²) >= 11 is 0. The fourth-order valence-electron chi connectivity index (χ4n) is 2.31. The van der Waals surface area contributed by atoms with Gasteiger partial charge >= 0.3 is 5.97 Å². The van der Waals surface area contributed by atoms with Crippen LogP contribution in [0.5, 0.6) is 0 Å². The van der Waals surface area contributed by atoms with Crippen molar-refractivity contribution >= 4 is 11.9 Å². The van der Waals surface area contributed by atoms with Crippen LogP contribution in [-0.4, -0.2) is 32.3 Å². The first-order valence-corrected chi connectivity index (χ1v) is 7.57. The van der Waals surface area contributed by atoms with Gasteiger partial charge in [0.2, 0.25) is 0 Å². The minimum absolute atomic E-state index is 0.0544. The highest BCUT2D eigenvalue weighted by atomic mass is 19.1. The maximum absolute atomic E-state index is 14.4. The van der Waals surface area contributed by atoms with Crippen LogP contribution in [0.3, 0.4) is 0 Å². The van der Waals surface area contributed by atoms with Gasteiger partial charge in [0.1, 0.15) is 17.0 Å². The molecular weight excluding hydrogens is 313 g/mol. The summed E-state index contributed by atoms with van der Waals surface area (Å²) in [5, 5.41) is 15.9. The van der Waals surface area contributed by atoms with Crippen LogP contribution in [0.25, 0.3) is 5.69 Å². The zero-order valence-corrected chi connectivity index (χ0v) is 14.1. The largest absolute Gasteiger partial charge is 0.480 e. The third kappa shape index (κ3) is 3.29. The summed E-state index contributed by atoms with van der Waals surface area (Å²) in [5.41, 5.74) is 0.413. The molecule has 2 N–H and O–H groups in total. The predicted octanol–water partition coefficient (Wildman–Crippen LogP) is 2.61. The Hall–Kier alpha value is -2.70. The number of carbonyl (C=O) groups is 2. The van der Waals surface area contributed by atoms with Crippen molar-refractivity contribution in [2.24, 2.45) is 0 Å². The lowest BCUT2D eigenvalue weighted by molar-refractivity contribution is -0.143. The second-order valence-electron chi connectivity index (χ2n) is 5.95. The Morgan fingerprint density at radius 2 is 2.00 bits per heavy atom. The van der Waals surface area contributed by atoms with E-state index in [1.165, 1.54) is 23.7 Å². The summed E-state index contributed by atoms with van der Waals surface area (Å²) in [6.45, 7) is 6.68. The van der Waals surface area contributed by atoms with Gasteiger partial charge in [-0.15, -0.1) is 0 Å². The number of hydrogen-bond donors (Lipinski definition) is 2. The molecule has 0 bridgehead atoms. The van der Waals surface area contributed by atoms with Crippen LogP contribution in [0, 0.1) is 19.7 Å². The number of nitrogens with one attached hydrogen (secondary N) is 1. The molecule has 2 aromatic rings. The van der Waals surface area contributed by atoms with Gasteiger partial charge in [-0.2, -0.15) is 5.10 Å². The Morgan fingerprint density at radius 1 is 1.33 bits per heavy atom. The van der Waals surface area contributed by atoms with Crippen LogP contribution in [0.15, 0.2) is 24.3 Å². The number of aliphatic carboxylic acids is 1. The third-order valence-corrected chi connectivity index (χ3v) is 4.02. The van der Waals surface area contributed by atoms with Gasteiger partial charge < -0.3 is 10.4 Å². The highest BCUT2D eigenvalue weighted by Gasteiger charge is 2.33. The van der Waals surface area contributed by atoms with Gasteiger partial charge in [0.25, 0.3) is 5.91 Å². The molecule has 2 rings (SSSR count). The van der Waals surface area contributed by atoms with E-state index in [1.54, 1.807) is 20.8 Å². The molecule has 0 saturated heterocycles. The number of aryl methyl sites for hydroxylation is 2.